The fourth-order valence-electron chi connectivity index (χ4n) is 7.49. The zero-order valence-electron chi connectivity index (χ0n) is 25.3. The molecule has 41 heavy (non-hydrogen) atoms. The highest BCUT2D eigenvalue weighted by molar-refractivity contribution is 5.69. The van der Waals surface area contributed by atoms with Crippen molar-refractivity contribution in [3.05, 3.63) is 23.3 Å². The highest BCUT2D eigenvalue weighted by Crippen LogP contribution is 2.61. The lowest BCUT2D eigenvalue weighted by Gasteiger charge is -2.61. The van der Waals surface area contributed by atoms with Gasteiger partial charge in [0.15, 0.2) is 12.2 Å². The third-order valence-electron chi connectivity index (χ3n) is 9.03. The van der Waals surface area contributed by atoms with Crippen molar-refractivity contribution in [2.75, 3.05) is 0 Å². The van der Waals surface area contributed by atoms with E-state index in [1.807, 2.05) is 13.8 Å². The number of rotatable bonds is 5. The maximum Gasteiger partial charge on any atom is 0.303 e. The molecule has 2 fully saturated rings. The summed E-state index contributed by atoms with van der Waals surface area (Å²) in [6.07, 6.45) is -6.33. The van der Waals surface area contributed by atoms with Crippen LogP contribution in [0.1, 0.15) is 75.2 Å². The third-order valence-corrected chi connectivity index (χ3v) is 9.03. The van der Waals surface area contributed by atoms with Crippen LogP contribution < -0.4 is 0 Å². The summed E-state index contributed by atoms with van der Waals surface area (Å²) < 4.78 is 29.5. The van der Waals surface area contributed by atoms with Crippen molar-refractivity contribution < 1.29 is 52.8 Å². The Morgan fingerprint density at radius 3 is 1.78 bits per heavy atom. The van der Waals surface area contributed by atoms with E-state index in [-0.39, 0.29) is 18.4 Å². The molecule has 0 amide bonds. The molecule has 0 aliphatic heterocycles. The van der Waals surface area contributed by atoms with Gasteiger partial charge in [0.25, 0.3) is 0 Å². The molecule has 228 valence electrons. The fraction of sp³-hybridized carbons (Fsp3) is 0.700. The van der Waals surface area contributed by atoms with E-state index in [9.17, 15) is 29.1 Å². The standard InChI is InChI=1S/C30H42O11/c1-13-21(36)12-23(38-16(4)32)30(10)25(13)26(39-17(5)33)20-11-22(37-15(3)31)14(2)24(29(20,8)9)27(40-18(6)34)28(30)41-19(7)35/h20-23,25-28,36H,1,11-12H2,2-10H3/t20?,21-,22-,23-,25-,26+,27+,28-,30+/m0/s1. The van der Waals surface area contributed by atoms with Crippen LogP contribution >= 0.6 is 0 Å². The van der Waals surface area contributed by atoms with E-state index in [1.165, 1.54) is 34.6 Å². The van der Waals surface area contributed by atoms with Crippen molar-refractivity contribution >= 4 is 29.8 Å². The molecule has 3 aliphatic rings. The normalized spacial score (nSPS) is 36.1. The van der Waals surface area contributed by atoms with Crippen molar-refractivity contribution in [2.45, 2.75) is 112 Å². The highest BCUT2D eigenvalue weighted by Gasteiger charge is 2.67. The summed E-state index contributed by atoms with van der Waals surface area (Å²) in [4.78, 5) is 62.5. The molecule has 3 aliphatic carbocycles. The van der Waals surface area contributed by atoms with E-state index in [2.05, 4.69) is 6.58 Å². The lowest BCUT2D eigenvalue weighted by molar-refractivity contribution is -0.228. The summed E-state index contributed by atoms with van der Waals surface area (Å²) in [5, 5.41) is 11.2. The molecule has 9 atom stereocenters. The van der Waals surface area contributed by atoms with E-state index in [4.69, 9.17) is 23.7 Å². The maximum absolute atomic E-state index is 12.7. The second-order valence-electron chi connectivity index (χ2n) is 12.2. The molecule has 0 saturated heterocycles. The number of hydrogen-bond acceptors (Lipinski definition) is 11. The first kappa shape index (κ1) is 32.3. The summed E-state index contributed by atoms with van der Waals surface area (Å²) in [5.74, 6) is -4.65. The second-order valence-corrected chi connectivity index (χ2v) is 12.2. The summed E-state index contributed by atoms with van der Waals surface area (Å²) >= 11 is 0. The maximum atomic E-state index is 12.7. The molecule has 0 heterocycles. The smallest absolute Gasteiger partial charge is 0.303 e. The molecular weight excluding hydrogens is 536 g/mol. The summed E-state index contributed by atoms with van der Waals surface area (Å²) in [7, 11) is 0. The molecule has 2 saturated carbocycles. The molecule has 1 N–H and O–H groups in total. The quantitative estimate of drug-likeness (QED) is 0.291. The molecule has 11 nitrogen and oxygen atoms in total. The third kappa shape index (κ3) is 5.91. The Kier molecular flexibility index (Phi) is 9.13. The van der Waals surface area contributed by atoms with Gasteiger partial charge in [-0.05, 0) is 35.5 Å². The number of aliphatic hydroxyl groups excluding tert-OH is 1. The molecular formula is C30H42O11. The zero-order chi connectivity index (χ0) is 31.2. The molecule has 0 aromatic rings. The summed E-state index contributed by atoms with van der Waals surface area (Å²) in [6.45, 7) is 17.6. The summed E-state index contributed by atoms with van der Waals surface area (Å²) in [5.41, 5.74) is -0.845. The lowest BCUT2D eigenvalue weighted by Crippen LogP contribution is -2.68. The second kappa shape index (κ2) is 11.6. The number of fused-ring (bicyclic) bond motifs is 3. The van der Waals surface area contributed by atoms with Gasteiger partial charge in [-0.15, -0.1) is 0 Å². The van der Waals surface area contributed by atoms with Crippen LogP contribution in [0, 0.1) is 22.7 Å². The zero-order valence-corrected chi connectivity index (χ0v) is 25.3. The summed E-state index contributed by atoms with van der Waals surface area (Å²) in [6, 6.07) is 0. The van der Waals surface area contributed by atoms with Crippen molar-refractivity contribution in [3.63, 3.8) is 0 Å². The van der Waals surface area contributed by atoms with Gasteiger partial charge in [0.05, 0.1) is 11.5 Å². The molecule has 11 heteroatoms. The first-order valence-electron chi connectivity index (χ1n) is 13.8. The lowest BCUT2D eigenvalue weighted by atomic mass is 9.48. The molecule has 0 aromatic heterocycles. The Labute approximate surface area is 240 Å². The minimum absolute atomic E-state index is 0.0784. The molecule has 2 bridgehead atoms. The van der Waals surface area contributed by atoms with Gasteiger partial charge in [0.2, 0.25) is 0 Å². The molecule has 0 radical (unpaired) electrons. The minimum atomic E-state index is -1.40. The fourth-order valence-corrected chi connectivity index (χ4v) is 7.49. The number of carbonyl (C=O) groups excluding carboxylic acids is 5. The Morgan fingerprint density at radius 2 is 1.29 bits per heavy atom. The van der Waals surface area contributed by atoms with E-state index < -0.39 is 89.1 Å². The topological polar surface area (TPSA) is 152 Å². The average molecular weight is 579 g/mol. The van der Waals surface area contributed by atoms with Crippen LogP contribution in [0.25, 0.3) is 0 Å². The van der Waals surface area contributed by atoms with Crippen LogP contribution in [0.5, 0.6) is 0 Å². The molecule has 3 rings (SSSR count). The van der Waals surface area contributed by atoms with Gasteiger partial charge in [-0.1, -0.05) is 27.4 Å². The van der Waals surface area contributed by atoms with E-state index in [0.717, 1.165) is 0 Å². The van der Waals surface area contributed by atoms with Gasteiger partial charge in [-0.3, -0.25) is 24.0 Å². The van der Waals surface area contributed by atoms with Crippen LogP contribution in [-0.4, -0.2) is 71.6 Å². The molecule has 0 spiro atoms. The SMILES string of the molecule is C=C1[C@@H](O)C[C@H](OC(C)=O)[C@@]2(C)[C@@H](OC(C)=O)[C@H](OC(C)=O)C3=C(C)[C@@H](OC(C)=O)CC([C@@H](OC(C)=O)[C@H]12)C3(C)C. The largest absolute Gasteiger partial charge is 0.462 e. The number of hydrogen-bond donors (Lipinski definition) is 1. The number of ether oxygens (including phenoxy) is 5. The number of aliphatic hydroxyl groups is 1. The van der Waals surface area contributed by atoms with E-state index in [0.29, 0.717) is 11.1 Å². The van der Waals surface area contributed by atoms with Gasteiger partial charge < -0.3 is 28.8 Å². The first-order valence-corrected chi connectivity index (χ1v) is 13.8. The highest BCUT2D eigenvalue weighted by atomic mass is 16.6. The van der Waals surface area contributed by atoms with Gasteiger partial charge >= 0.3 is 29.8 Å². The van der Waals surface area contributed by atoms with E-state index >= 15 is 0 Å². The van der Waals surface area contributed by atoms with Crippen LogP contribution in [-0.2, 0) is 47.7 Å². The van der Waals surface area contributed by atoms with Gasteiger partial charge in [0, 0.05) is 52.9 Å². The monoisotopic (exact) mass is 578 g/mol. The molecule has 0 aromatic carbocycles. The van der Waals surface area contributed by atoms with Crippen LogP contribution in [0.2, 0.25) is 0 Å². The Morgan fingerprint density at radius 1 is 0.780 bits per heavy atom. The average Bonchev–Trinajstić information content (AvgIpc) is 2.80. The van der Waals surface area contributed by atoms with Crippen molar-refractivity contribution in [2.24, 2.45) is 22.7 Å². The predicted octanol–water partition coefficient (Wildman–Crippen LogP) is 2.96. The van der Waals surface area contributed by atoms with Crippen molar-refractivity contribution in [3.8, 4) is 0 Å². The van der Waals surface area contributed by atoms with Gasteiger partial charge in [0.1, 0.15) is 18.3 Å². The Balaban J connectivity index is 2.52. The van der Waals surface area contributed by atoms with Gasteiger partial charge in [-0.2, -0.15) is 0 Å². The van der Waals surface area contributed by atoms with Crippen LogP contribution in [0.15, 0.2) is 23.3 Å². The first-order chi connectivity index (χ1) is 18.8. The Hall–Kier alpha value is -3.21. The van der Waals surface area contributed by atoms with Crippen LogP contribution in [0.4, 0.5) is 0 Å². The number of carbonyl (C=O) groups is 5. The van der Waals surface area contributed by atoms with Crippen molar-refractivity contribution in [1.29, 1.82) is 0 Å². The number of esters is 5. The van der Waals surface area contributed by atoms with E-state index in [1.54, 1.807) is 13.8 Å². The van der Waals surface area contributed by atoms with Crippen molar-refractivity contribution in [1.82, 2.24) is 0 Å². The van der Waals surface area contributed by atoms with Crippen LogP contribution in [0.3, 0.4) is 0 Å². The Bertz CT molecular complexity index is 1170. The van der Waals surface area contributed by atoms with Gasteiger partial charge in [-0.25, -0.2) is 0 Å². The predicted molar refractivity (Wildman–Crippen MR) is 144 cm³/mol. The minimum Gasteiger partial charge on any atom is -0.462 e. The molecule has 1 unspecified atom stereocenters.